The lowest BCUT2D eigenvalue weighted by molar-refractivity contribution is -0.141. The first kappa shape index (κ1) is 27.4. The number of rotatable bonds is 8. The standard InChI is InChI=1S/C34H30N2O5/c1-21(2)23-12-14-26(15-13-23)38-22(3)34(37)40-28-16-17-29-31(19-28)41-33(36)30(20-35)32(29)24-8-7-11-27(18-24)39-25-9-5-4-6-10-25/h4-19,21-22,32H,36H2,1-3H3. The van der Waals surface area contributed by atoms with Gasteiger partial charge in [0.15, 0.2) is 6.10 Å². The molecule has 7 heteroatoms. The van der Waals surface area contributed by atoms with Crippen molar-refractivity contribution < 1.29 is 23.7 Å². The second-order valence-electron chi connectivity index (χ2n) is 10.0. The Balaban J connectivity index is 1.35. The Morgan fingerprint density at radius 2 is 1.56 bits per heavy atom. The van der Waals surface area contributed by atoms with E-state index in [9.17, 15) is 10.1 Å². The number of carbonyl (C=O) groups excluding carboxylic acids is 1. The Kier molecular flexibility index (Phi) is 7.93. The Labute approximate surface area is 239 Å². The quantitative estimate of drug-likeness (QED) is 0.184. The summed E-state index contributed by atoms with van der Waals surface area (Å²) in [4.78, 5) is 12.8. The maximum Gasteiger partial charge on any atom is 0.352 e. The van der Waals surface area contributed by atoms with Gasteiger partial charge in [0.1, 0.15) is 40.4 Å². The van der Waals surface area contributed by atoms with E-state index in [0.29, 0.717) is 34.5 Å². The molecule has 1 heterocycles. The molecule has 0 bridgehead atoms. The Morgan fingerprint density at radius 1 is 0.854 bits per heavy atom. The molecule has 7 nitrogen and oxygen atoms in total. The van der Waals surface area contributed by atoms with Gasteiger partial charge in [-0.3, -0.25) is 0 Å². The highest BCUT2D eigenvalue weighted by Crippen LogP contribution is 2.44. The first-order valence-corrected chi connectivity index (χ1v) is 13.3. The van der Waals surface area contributed by atoms with Crippen molar-refractivity contribution >= 4 is 5.97 Å². The van der Waals surface area contributed by atoms with E-state index in [1.54, 1.807) is 25.1 Å². The number of esters is 1. The number of fused-ring (bicyclic) bond motifs is 1. The maximum absolute atomic E-state index is 12.8. The van der Waals surface area contributed by atoms with E-state index in [0.717, 1.165) is 5.56 Å². The van der Waals surface area contributed by atoms with E-state index in [2.05, 4.69) is 19.9 Å². The van der Waals surface area contributed by atoms with Crippen molar-refractivity contribution in [2.24, 2.45) is 5.73 Å². The van der Waals surface area contributed by atoms with Gasteiger partial charge in [0, 0.05) is 11.6 Å². The van der Waals surface area contributed by atoms with Crippen LogP contribution in [0, 0.1) is 11.3 Å². The molecule has 2 unspecified atom stereocenters. The molecule has 0 amide bonds. The third-order valence-electron chi connectivity index (χ3n) is 6.77. The number of hydrogen-bond acceptors (Lipinski definition) is 7. The van der Waals surface area contributed by atoms with Gasteiger partial charge in [-0.2, -0.15) is 5.26 Å². The molecular formula is C34H30N2O5. The van der Waals surface area contributed by atoms with Crippen LogP contribution in [0.1, 0.15) is 49.3 Å². The maximum atomic E-state index is 12.8. The summed E-state index contributed by atoms with van der Waals surface area (Å²) >= 11 is 0. The van der Waals surface area contributed by atoms with Gasteiger partial charge in [0.25, 0.3) is 0 Å². The molecule has 206 valence electrons. The SMILES string of the molecule is CC(Oc1ccc(C(C)C)cc1)C(=O)Oc1ccc2c(c1)OC(N)=C(C#N)C2c1cccc(Oc2ccccc2)c1. The zero-order chi connectivity index (χ0) is 28.9. The van der Waals surface area contributed by atoms with Crippen molar-refractivity contribution in [1.82, 2.24) is 0 Å². The number of benzene rings is 4. The molecule has 0 radical (unpaired) electrons. The lowest BCUT2D eigenvalue weighted by atomic mass is 9.83. The van der Waals surface area contributed by atoms with Crippen molar-refractivity contribution in [3.05, 3.63) is 125 Å². The predicted molar refractivity (Wildman–Crippen MR) is 155 cm³/mol. The summed E-state index contributed by atoms with van der Waals surface area (Å²) in [5.74, 6) is 1.90. The number of nitrogens with two attached hydrogens (primary N) is 1. The molecule has 2 atom stereocenters. The van der Waals surface area contributed by atoms with Gasteiger partial charge in [-0.05, 0) is 66.4 Å². The molecule has 0 saturated carbocycles. The number of carbonyl (C=O) groups is 1. The molecule has 1 aliphatic rings. The van der Waals surface area contributed by atoms with Gasteiger partial charge in [0.05, 0.1) is 5.92 Å². The van der Waals surface area contributed by atoms with E-state index >= 15 is 0 Å². The van der Waals surface area contributed by atoms with Gasteiger partial charge in [-0.25, -0.2) is 4.79 Å². The molecule has 4 aromatic carbocycles. The highest BCUT2D eigenvalue weighted by atomic mass is 16.6. The van der Waals surface area contributed by atoms with Gasteiger partial charge in [0.2, 0.25) is 5.88 Å². The first-order valence-electron chi connectivity index (χ1n) is 13.3. The lowest BCUT2D eigenvalue weighted by Crippen LogP contribution is -2.28. The fourth-order valence-electron chi connectivity index (χ4n) is 4.61. The summed E-state index contributed by atoms with van der Waals surface area (Å²) in [5.41, 5.74) is 9.16. The zero-order valence-corrected chi connectivity index (χ0v) is 23.0. The van der Waals surface area contributed by atoms with Crippen LogP contribution in [0.15, 0.2) is 109 Å². The van der Waals surface area contributed by atoms with Crippen molar-refractivity contribution in [3.8, 4) is 34.8 Å². The molecule has 2 N–H and O–H groups in total. The van der Waals surface area contributed by atoms with Crippen LogP contribution in [0.4, 0.5) is 0 Å². The molecule has 0 spiro atoms. The van der Waals surface area contributed by atoms with E-state index in [1.165, 1.54) is 5.56 Å². The predicted octanol–water partition coefficient (Wildman–Crippen LogP) is 7.19. The number of hydrogen-bond donors (Lipinski definition) is 1. The van der Waals surface area contributed by atoms with E-state index in [-0.39, 0.29) is 17.2 Å². The fraction of sp³-hybridized carbons (Fsp3) is 0.176. The monoisotopic (exact) mass is 546 g/mol. The van der Waals surface area contributed by atoms with Crippen LogP contribution >= 0.6 is 0 Å². The van der Waals surface area contributed by atoms with Crippen LogP contribution < -0.4 is 24.7 Å². The minimum atomic E-state index is -0.841. The Bertz CT molecular complexity index is 1620. The summed E-state index contributed by atoms with van der Waals surface area (Å²) in [6.07, 6.45) is -0.841. The number of nitriles is 1. The van der Waals surface area contributed by atoms with Gasteiger partial charge in [-0.1, -0.05) is 62.4 Å². The second-order valence-corrected chi connectivity index (χ2v) is 10.0. The first-order chi connectivity index (χ1) is 19.8. The normalized spacial score (nSPS) is 14.9. The minimum Gasteiger partial charge on any atom is -0.479 e. The van der Waals surface area contributed by atoms with Gasteiger partial charge >= 0.3 is 5.97 Å². The van der Waals surface area contributed by atoms with Crippen LogP contribution in [-0.2, 0) is 4.79 Å². The molecule has 5 rings (SSSR count). The summed E-state index contributed by atoms with van der Waals surface area (Å²) in [6, 6.07) is 31.8. The van der Waals surface area contributed by atoms with Gasteiger partial charge < -0.3 is 24.7 Å². The Morgan fingerprint density at radius 3 is 2.27 bits per heavy atom. The number of para-hydroxylation sites is 1. The number of ether oxygens (including phenoxy) is 4. The third kappa shape index (κ3) is 6.18. The van der Waals surface area contributed by atoms with Crippen LogP contribution in [-0.4, -0.2) is 12.1 Å². The van der Waals surface area contributed by atoms with Crippen LogP contribution in [0.25, 0.3) is 0 Å². The average molecular weight is 547 g/mol. The molecular weight excluding hydrogens is 516 g/mol. The minimum absolute atomic E-state index is 0.00981. The van der Waals surface area contributed by atoms with Crippen LogP contribution in [0.2, 0.25) is 0 Å². The van der Waals surface area contributed by atoms with Crippen molar-refractivity contribution in [3.63, 3.8) is 0 Å². The largest absolute Gasteiger partial charge is 0.479 e. The topological polar surface area (TPSA) is 104 Å². The van der Waals surface area contributed by atoms with Crippen LogP contribution in [0.5, 0.6) is 28.7 Å². The summed E-state index contributed by atoms with van der Waals surface area (Å²) < 4.78 is 23.2. The molecule has 0 fully saturated rings. The molecule has 41 heavy (non-hydrogen) atoms. The van der Waals surface area contributed by atoms with Crippen LogP contribution in [0.3, 0.4) is 0 Å². The second kappa shape index (κ2) is 11.9. The fourth-order valence-corrected chi connectivity index (χ4v) is 4.61. The highest BCUT2D eigenvalue weighted by Gasteiger charge is 2.31. The van der Waals surface area contributed by atoms with Crippen molar-refractivity contribution in [2.75, 3.05) is 0 Å². The third-order valence-corrected chi connectivity index (χ3v) is 6.77. The van der Waals surface area contributed by atoms with Gasteiger partial charge in [-0.15, -0.1) is 0 Å². The van der Waals surface area contributed by atoms with E-state index in [1.807, 2.05) is 78.9 Å². The lowest BCUT2D eigenvalue weighted by Gasteiger charge is -2.27. The molecule has 1 aliphatic heterocycles. The molecule has 4 aromatic rings. The van der Waals surface area contributed by atoms with E-state index < -0.39 is 18.0 Å². The number of nitrogens with zero attached hydrogens (tertiary/aromatic N) is 1. The Hall–Kier alpha value is -5.22. The summed E-state index contributed by atoms with van der Waals surface area (Å²) in [6.45, 7) is 5.86. The highest BCUT2D eigenvalue weighted by molar-refractivity contribution is 5.77. The molecule has 0 aromatic heterocycles. The van der Waals surface area contributed by atoms with Crippen molar-refractivity contribution in [2.45, 2.75) is 38.7 Å². The zero-order valence-electron chi connectivity index (χ0n) is 23.0. The average Bonchev–Trinajstić information content (AvgIpc) is 2.97. The van der Waals surface area contributed by atoms with Crippen molar-refractivity contribution in [1.29, 1.82) is 5.26 Å². The number of allylic oxidation sites excluding steroid dienone is 1. The summed E-state index contributed by atoms with van der Waals surface area (Å²) in [5, 5.41) is 9.94. The smallest absolute Gasteiger partial charge is 0.352 e. The van der Waals surface area contributed by atoms with E-state index in [4.69, 9.17) is 24.7 Å². The summed E-state index contributed by atoms with van der Waals surface area (Å²) in [7, 11) is 0. The molecule has 0 saturated heterocycles. The molecule has 0 aliphatic carbocycles.